The lowest BCUT2D eigenvalue weighted by Gasteiger charge is -2.36. The lowest BCUT2D eigenvalue weighted by molar-refractivity contribution is -0.132. The smallest absolute Gasteiger partial charge is 0.247 e. The number of aromatic nitrogens is 1. The minimum atomic E-state index is -3.69. The molecule has 1 aliphatic rings. The van der Waals surface area contributed by atoms with E-state index in [0.29, 0.717) is 42.6 Å². The average Bonchev–Trinajstić information content (AvgIpc) is 2.76. The number of sulfonamides is 1. The molecule has 2 aromatic rings. The Balaban J connectivity index is 1.61. The molecule has 0 saturated carbocycles. The van der Waals surface area contributed by atoms with E-state index in [0.717, 1.165) is 11.3 Å². The summed E-state index contributed by atoms with van der Waals surface area (Å²) in [6.07, 6.45) is 3.76. The van der Waals surface area contributed by atoms with E-state index in [1.165, 1.54) is 10.5 Å². The van der Waals surface area contributed by atoms with Crippen molar-refractivity contribution in [3.63, 3.8) is 0 Å². The van der Waals surface area contributed by atoms with E-state index < -0.39 is 21.8 Å². The summed E-state index contributed by atoms with van der Waals surface area (Å²) in [6, 6.07) is 9.12. The quantitative estimate of drug-likeness (QED) is 0.439. The van der Waals surface area contributed by atoms with E-state index in [2.05, 4.69) is 9.88 Å². The Bertz CT molecular complexity index is 996. The zero-order valence-electron chi connectivity index (χ0n) is 16.7. The number of benzene rings is 1. The highest BCUT2D eigenvalue weighted by molar-refractivity contribution is 7.89. The van der Waals surface area contributed by atoms with Gasteiger partial charge in [0, 0.05) is 49.3 Å². The molecule has 3 rings (SSSR count). The number of anilines is 1. The first kappa shape index (κ1) is 23.7. The Kier molecular flexibility index (Phi) is 8.12. The Morgan fingerprint density at radius 1 is 1.10 bits per heavy atom. The van der Waals surface area contributed by atoms with Gasteiger partial charge in [-0.1, -0.05) is 23.2 Å². The molecule has 2 heterocycles. The van der Waals surface area contributed by atoms with Gasteiger partial charge in [0.25, 0.3) is 0 Å². The maximum atomic E-state index is 13.0. The first-order valence-corrected chi connectivity index (χ1v) is 12.2. The molecule has 2 N–H and O–H groups in total. The third-order valence-electron chi connectivity index (χ3n) is 5.26. The molecule has 0 aliphatic carbocycles. The van der Waals surface area contributed by atoms with E-state index in [1.807, 2.05) is 12.1 Å². The number of carbonyl (C=O) groups is 1. The first-order chi connectivity index (χ1) is 14.8. The number of hydrogen-bond acceptors (Lipinski definition) is 6. The van der Waals surface area contributed by atoms with E-state index in [4.69, 9.17) is 28.4 Å². The van der Waals surface area contributed by atoms with Crippen LogP contribution in [0.4, 0.5) is 5.69 Å². The molecule has 168 valence electrons. The predicted molar refractivity (Wildman–Crippen MR) is 120 cm³/mol. The van der Waals surface area contributed by atoms with Crippen LogP contribution in [0.3, 0.4) is 0 Å². The summed E-state index contributed by atoms with van der Waals surface area (Å²) in [5, 5.41) is 10.2. The summed E-state index contributed by atoms with van der Waals surface area (Å²) in [5.74, 6) is -2.00. The molecule has 1 saturated heterocycles. The monoisotopic (exact) mass is 486 g/mol. The number of nitrogens with zero attached hydrogens (tertiary/aromatic N) is 3. The highest BCUT2D eigenvalue weighted by atomic mass is 35.5. The first-order valence-electron chi connectivity index (χ1n) is 9.80. The minimum absolute atomic E-state index is 0.235. The summed E-state index contributed by atoms with van der Waals surface area (Å²) in [6.45, 7) is 1.70. The Morgan fingerprint density at radius 3 is 2.39 bits per heavy atom. The summed E-state index contributed by atoms with van der Waals surface area (Å²) in [5.41, 5.74) is 3.36. The van der Waals surface area contributed by atoms with Crippen molar-refractivity contribution in [2.75, 3.05) is 36.8 Å². The van der Waals surface area contributed by atoms with Crippen molar-refractivity contribution < 1.29 is 18.4 Å². The van der Waals surface area contributed by atoms with Crippen molar-refractivity contribution in [1.29, 1.82) is 0 Å². The predicted octanol–water partition coefficient (Wildman–Crippen LogP) is 2.59. The molecule has 1 aliphatic heterocycles. The maximum absolute atomic E-state index is 13.0. The number of hydroxylamine groups is 1. The fraction of sp³-hybridized carbons (Fsp3) is 0.400. The van der Waals surface area contributed by atoms with Crippen LogP contribution in [0.25, 0.3) is 0 Å². The number of rotatable bonds is 8. The van der Waals surface area contributed by atoms with E-state index in [1.54, 1.807) is 29.9 Å². The largest absolute Gasteiger partial charge is 0.369 e. The molecule has 0 radical (unpaired) electrons. The van der Waals surface area contributed by atoms with Gasteiger partial charge in [-0.15, -0.1) is 0 Å². The fourth-order valence-corrected chi connectivity index (χ4v) is 5.63. The molecule has 1 fully saturated rings. The second-order valence-electron chi connectivity index (χ2n) is 7.36. The highest BCUT2D eigenvalue weighted by Gasteiger charge is 2.32. The van der Waals surface area contributed by atoms with Crippen molar-refractivity contribution in [1.82, 2.24) is 14.8 Å². The molecule has 1 aromatic heterocycles. The summed E-state index contributed by atoms with van der Waals surface area (Å²) in [7, 11) is -3.69. The van der Waals surface area contributed by atoms with Crippen molar-refractivity contribution >= 4 is 44.8 Å². The van der Waals surface area contributed by atoms with E-state index in [9.17, 15) is 13.2 Å². The molecule has 31 heavy (non-hydrogen) atoms. The van der Waals surface area contributed by atoms with Gasteiger partial charge in [-0.05, 0) is 48.7 Å². The minimum Gasteiger partial charge on any atom is -0.369 e. The molecule has 0 spiro atoms. The van der Waals surface area contributed by atoms with E-state index >= 15 is 0 Å². The highest BCUT2D eigenvalue weighted by Crippen LogP contribution is 2.22. The van der Waals surface area contributed by atoms with Gasteiger partial charge in [0.05, 0.1) is 16.7 Å². The maximum Gasteiger partial charge on any atom is 0.247 e. The molecular weight excluding hydrogens is 463 g/mol. The Morgan fingerprint density at radius 2 is 1.77 bits per heavy atom. The van der Waals surface area contributed by atoms with E-state index in [-0.39, 0.29) is 12.2 Å². The average molecular weight is 487 g/mol. The van der Waals surface area contributed by atoms with Crippen LogP contribution in [0, 0.1) is 5.92 Å². The number of halogens is 2. The lowest BCUT2D eigenvalue weighted by Crippen LogP contribution is -2.50. The van der Waals surface area contributed by atoms with Crippen LogP contribution in [0.1, 0.15) is 12.0 Å². The normalized spacial score (nSPS) is 16.2. The summed E-state index contributed by atoms with van der Waals surface area (Å²) >= 11 is 11.9. The summed E-state index contributed by atoms with van der Waals surface area (Å²) < 4.78 is 27.3. The van der Waals surface area contributed by atoms with Crippen LogP contribution in [0.5, 0.6) is 0 Å². The molecular formula is C20H24Cl2N4O4S. The third kappa shape index (κ3) is 6.54. The molecule has 11 heteroatoms. The number of hydrogen-bond donors (Lipinski definition) is 2. The molecule has 0 bridgehead atoms. The van der Waals surface area contributed by atoms with Crippen molar-refractivity contribution in [3.05, 3.63) is 58.3 Å². The van der Waals surface area contributed by atoms with Crippen LogP contribution in [-0.4, -0.2) is 60.8 Å². The molecule has 1 amide bonds. The number of aryl methyl sites for hydroxylation is 1. The third-order valence-corrected chi connectivity index (χ3v) is 7.69. The molecule has 1 aromatic carbocycles. The van der Waals surface area contributed by atoms with Crippen molar-refractivity contribution in [3.8, 4) is 0 Å². The van der Waals surface area contributed by atoms with Gasteiger partial charge < -0.3 is 4.90 Å². The van der Waals surface area contributed by atoms with Gasteiger partial charge in [0.15, 0.2) is 0 Å². The van der Waals surface area contributed by atoms with Crippen LogP contribution in [0.15, 0.2) is 42.7 Å². The Hall–Kier alpha value is -1.91. The second-order valence-corrected chi connectivity index (χ2v) is 10.3. The fourth-order valence-electron chi connectivity index (χ4n) is 3.55. The number of nitrogens with one attached hydrogen (secondary N) is 1. The van der Waals surface area contributed by atoms with Crippen molar-refractivity contribution in [2.24, 2.45) is 5.92 Å². The SMILES string of the molecule is O=C(NO)C(CCc1cncc(Cl)c1)CS(=O)(=O)N1CCN(c2ccc(Cl)cc2)CC1. The van der Waals surface area contributed by atoms with Gasteiger partial charge in [-0.2, -0.15) is 4.31 Å². The standard InChI is InChI=1S/C20H24Cl2N4O4S/c21-17-3-5-19(6-4-17)25-7-9-26(10-8-25)31(29,30)14-16(20(27)24-28)2-1-15-11-18(22)13-23-12-15/h3-6,11-13,16,28H,1-2,7-10,14H2,(H,24,27). The van der Waals surface area contributed by atoms with Gasteiger partial charge in [0.1, 0.15) is 0 Å². The van der Waals surface area contributed by atoms with Crippen LogP contribution >= 0.6 is 23.2 Å². The van der Waals surface area contributed by atoms with Gasteiger partial charge in [0.2, 0.25) is 15.9 Å². The molecule has 8 nitrogen and oxygen atoms in total. The van der Waals surface area contributed by atoms with Crippen LogP contribution in [-0.2, 0) is 21.2 Å². The number of piperazine rings is 1. The van der Waals surface area contributed by atoms with Crippen LogP contribution in [0.2, 0.25) is 10.0 Å². The molecule has 1 atom stereocenters. The summed E-state index contributed by atoms with van der Waals surface area (Å²) in [4.78, 5) is 18.2. The van der Waals surface area contributed by atoms with Crippen LogP contribution < -0.4 is 10.4 Å². The molecule has 1 unspecified atom stereocenters. The second kappa shape index (κ2) is 10.6. The lowest BCUT2D eigenvalue weighted by atomic mass is 10.0. The Labute approximate surface area is 191 Å². The number of pyridine rings is 1. The van der Waals surface area contributed by atoms with Gasteiger partial charge in [-0.25, -0.2) is 13.9 Å². The van der Waals surface area contributed by atoms with Crippen molar-refractivity contribution in [2.45, 2.75) is 12.8 Å². The number of carbonyl (C=O) groups excluding carboxylic acids is 1. The number of amides is 1. The zero-order valence-corrected chi connectivity index (χ0v) is 19.1. The zero-order chi connectivity index (χ0) is 22.4. The topological polar surface area (TPSA) is 103 Å². The van der Waals surface area contributed by atoms with Gasteiger partial charge in [-0.3, -0.25) is 15.0 Å². The van der Waals surface area contributed by atoms with Gasteiger partial charge >= 0.3 is 0 Å².